The zero-order valence-electron chi connectivity index (χ0n) is 16.9. The average molecular weight is 402 g/mol. The van der Waals surface area contributed by atoms with Crippen molar-refractivity contribution in [2.45, 2.75) is 63.5 Å². The van der Waals surface area contributed by atoms with Crippen molar-refractivity contribution in [2.24, 2.45) is 5.92 Å². The van der Waals surface area contributed by atoms with E-state index in [-0.39, 0.29) is 22.7 Å². The molecule has 28 heavy (non-hydrogen) atoms. The number of fused-ring (bicyclic) bond motifs is 1. The van der Waals surface area contributed by atoms with E-state index >= 15 is 0 Å². The highest BCUT2D eigenvalue weighted by molar-refractivity contribution is 8.01. The molecule has 2 amide bonds. The van der Waals surface area contributed by atoms with Crippen molar-refractivity contribution in [2.75, 3.05) is 18.8 Å². The first-order valence-electron chi connectivity index (χ1n) is 10.5. The van der Waals surface area contributed by atoms with Crippen molar-refractivity contribution < 1.29 is 9.59 Å². The molecule has 0 spiro atoms. The van der Waals surface area contributed by atoms with Crippen LogP contribution >= 0.6 is 11.8 Å². The van der Waals surface area contributed by atoms with Crippen LogP contribution in [-0.4, -0.2) is 51.4 Å². The average Bonchev–Trinajstić information content (AvgIpc) is 3.19. The molecule has 4 rings (SSSR count). The third-order valence-corrected chi connectivity index (χ3v) is 8.02. The minimum absolute atomic E-state index is 0.0296. The van der Waals surface area contributed by atoms with Gasteiger partial charge in [0.1, 0.15) is 6.04 Å². The molecule has 0 unspecified atom stereocenters. The van der Waals surface area contributed by atoms with Gasteiger partial charge in [-0.25, -0.2) is 0 Å². The summed E-state index contributed by atoms with van der Waals surface area (Å²) in [6.45, 7) is 8.32. The lowest BCUT2D eigenvalue weighted by Gasteiger charge is -2.30. The van der Waals surface area contributed by atoms with Gasteiger partial charge >= 0.3 is 0 Å². The lowest BCUT2D eigenvalue weighted by molar-refractivity contribution is -0.138. The van der Waals surface area contributed by atoms with Gasteiger partial charge in [0.25, 0.3) is 0 Å². The van der Waals surface area contributed by atoms with Crippen LogP contribution in [0.4, 0.5) is 0 Å². The van der Waals surface area contributed by atoms with Crippen molar-refractivity contribution in [1.29, 1.82) is 0 Å². The van der Waals surface area contributed by atoms with Crippen LogP contribution in [0, 0.1) is 5.92 Å². The number of piperidine rings is 1. The molecule has 3 aliphatic rings. The van der Waals surface area contributed by atoms with Gasteiger partial charge in [0.05, 0.1) is 4.87 Å². The Morgan fingerprint density at radius 2 is 1.89 bits per heavy atom. The van der Waals surface area contributed by atoms with Crippen LogP contribution in [-0.2, 0) is 22.7 Å². The number of thioether (sulfide) groups is 1. The van der Waals surface area contributed by atoms with E-state index in [1.54, 1.807) is 11.8 Å². The summed E-state index contributed by atoms with van der Waals surface area (Å²) in [7, 11) is 0. The van der Waals surface area contributed by atoms with Gasteiger partial charge in [-0.05, 0) is 56.3 Å². The Morgan fingerprint density at radius 1 is 1.21 bits per heavy atom. The molecule has 0 aliphatic carbocycles. The molecular weight excluding hydrogens is 370 g/mol. The van der Waals surface area contributed by atoms with Crippen molar-refractivity contribution in [3.05, 3.63) is 35.4 Å². The highest BCUT2D eigenvalue weighted by atomic mass is 32.2. The zero-order chi connectivity index (χ0) is 19.7. The number of nitrogens with zero attached hydrogens (tertiary/aromatic N) is 2. The van der Waals surface area contributed by atoms with Crippen LogP contribution in [0.5, 0.6) is 0 Å². The summed E-state index contributed by atoms with van der Waals surface area (Å²) in [6, 6.07) is 8.23. The van der Waals surface area contributed by atoms with E-state index in [1.807, 2.05) is 4.90 Å². The van der Waals surface area contributed by atoms with Gasteiger partial charge in [0.15, 0.2) is 0 Å². The fourth-order valence-corrected chi connectivity index (χ4v) is 5.99. The first-order chi connectivity index (χ1) is 13.4. The Balaban J connectivity index is 1.28. The first-order valence-corrected chi connectivity index (χ1v) is 11.5. The van der Waals surface area contributed by atoms with Crippen molar-refractivity contribution in [3.63, 3.8) is 0 Å². The zero-order valence-corrected chi connectivity index (χ0v) is 17.8. The van der Waals surface area contributed by atoms with Gasteiger partial charge in [-0.3, -0.25) is 14.5 Å². The fourth-order valence-electron chi connectivity index (χ4n) is 4.56. The second-order valence-corrected chi connectivity index (χ2v) is 10.3. The fraction of sp³-hybridized carbons (Fsp3) is 0.636. The molecule has 3 saturated heterocycles. The number of benzene rings is 1. The summed E-state index contributed by atoms with van der Waals surface area (Å²) in [5, 5.41) is 3.04. The number of carbonyl (C=O) groups excluding carboxylic acids is 2. The molecule has 6 heteroatoms. The SMILES string of the molecule is CC1CCN(Cc2ccc(CNC(=O)[C@H]3CS[C@@]4(C)CCC(=O)N34)cc2)CC1. The maximum atomic E-state index is 12.7. The van der Waals surface area contributed by atoms with E-state index in [4.69, 9.17) is 0 Å². The Kier molecular flexibility index (Phi) is 5.70. The highest BCUT2D eigenvalue weighted by Gasteiger charge is 2.52. The van der Waals surface area contributed by atoms with Crippen LogP contribution in [0.1, 0.15) is 50.7 Å². The summed E-state index contributed by atoms with van der Waals surface area (Å²) in [6.07, 6.45) is 3.99. The molecule has 0 saturated carbocycles. The normalized spacial score (nSPS) is 28.6. The summed E-state index contributed by atoms with van der Waals surface area (Å²) in [5.74, 6) is 1.64. The van der Waals surface area contributed by atoms with E-state index in [2.05, 4.69) is 48.3 Å². The maximum absolute atomic E-state index is 12.7. The van der Waals surface area contributed by atoms with E-state index in [0.717, 1.165) is 24.4 Å². The molecule has 2 atom stereocenters. The molecule has 3 fully saturated rings. The van der Waals surface area contributed by atoms with Gasteiger partial charge in [-0.15, -0.1) is 11.8 Å². The van der Waals surface area contributed by atoms with Crippen LogP contribution < -0.4 is 5.32 Å². The quantitative estimate of drug-likeness (QED) is 0.824. The Morgan fingerprint density at radius 3 is 2.61 bits per heavy atom. The third-order valence-electron chi connectivity index (χ3n) is 6.52. The van der Waals surface area contributed by atoms with Gasteiger partial charge in [-0.2, -0.15) is 0 Å². The second kappa shape index (κ2) is 8.07. The maximum Gasteiger partial charge on any atom is 0.243 e. The number of rotatable bonds is 5. The number of carbonyl (C=O) groups is 2. The van der Waals surface area contributed by atoms with Gasteiger partial charge in [-0.1, -0.05) is 31.2 Å². The number of hydrogen-bond acceptors (Lipinski definition) is 4. The third kappa shape index (κ3) is 4.08. The largest absolute Gasteiger partial charge is 0.350 e. The lowest BCUT2D eigenvalue weighted by Crippen LogP contribution is -2.49. The van der Waals surface area contributed by atoms with Gasteiger partial charge in [0.2, 0.25) is 11.8 Å². The number of nitrogens with one attached hydrogen (secondary N) is 1. The topological polar surface area (TPSA) is 52.7 Å². The number of amides is 2. The molecule has 3 heterocycles. The molecule has 1 N–H and O–H groups in total. The van der Waals surface area contributed by atoms with Gasteiger partial charge < -0.3 is 10.2 Å². The smallest absolute Gasteiger partial charge is 0.243 e. The summed E-state index contributed by atoms with van der Waals surface area (Å²) in [4.78, 5) is 29.0. The molecule has 3 aliphatic heterocycles. The first kappa shape index (κ1) is 19.8. The van der Waals surface area contributed by atoms with E-state index in [1.165, 1.54) is 31.5 Å². The van der Waals surface area contributed by atoms with Crippen LogP contribution in [0.3, 0.4) is 0 Å². The molecular formula is C22H31N3O2S. The van der Waals surface area contributed by atoms with Crippen LogP contribution in [0.25, 0.3) is 0 Å². The van der Waals surface area contributed by atoms with Crippen LogP contribution in [0.15, 0.2) is 24.3 Å². The monoisotopic (exact) mass is 401 g/mol. The Bertz CT molecular complexity index is 730. The molecule has 0 radical (unpaired) electrons. The Hall–Kier alpha value is -1.53. The minimum Gasteiger partial charge on any atom is -0.350 e. The minimum atomic E-state index is -0.328. The number of hydrogen-bond donors (Lipinski definition) is 1. The summed E-state index contributed by atoms with van der Waals surface area (Å²) >= 11 is 1.74. The molecule has 5 nitrogen and oxygen atoms in total. The van der Waals surface area contributed by atoms with E-state index in [9.17, 15) is 9.59 Å². The van der Waals surface area contributed by atoms with Crippen molar-refractivity contribution >= 4 is 23.6 Å². The standard InChI is InChI=1S/C22H31N3O2S/c1-16-8-11-24(12-9-16)14-18-5-3-17(4-6-18)13-23-21(27)19-15-28-22(2)10-7-20(26)25(19)22/h3-6,16,19H,7-15H2,1-2H3,(H,23,27)/t19-,22+/m1/s1. The predicted molar refractivity (Wildman–Crippen MR) is 113 cm³/mol. The summed E-state index contributed by atoms with van der Waals surface area (Å²) in [5.41, 5.74) is 2.43. The number of likely N-dealkylation sites (tertiary alicyclic amines) is 1. The van der Waals surface area contributed by atoms with Crippen molar-refractivity contribution in [1.82, 2.24) is 15.1 Å². The molecule has 0 bridgehead atoms. The molecule has 1 aromatic rings. The lowest BCUT2D eigenvalue weighted by atomic mass is 9.99. The van der Waals surface area contributed by atoms with Gasteiger partial charge in [0, 0.05) is 25.3 Å². The molecule has 1 aromatic carbocycles. The summed E-state index contributed by atoms with van der Waals surface area (Å²) < 4.78 is 0. The van der Waals surface area contributed by atoms with E-state index in [0.29, 0.717) is 18.7 Å². The highest BCUT2D eigenvalue weighted by Crippen LogP contribution is 2.47. The van der Waals surface area contributed by atoms with E-state index < -0.39 is 0 Å². The second-order valence-electron chi connectivity index (χ2n) is 8.76. The predicted octanol–water partition coefficient (Wildman–Crippen LogP) is 2.99. The van der Waals surface area contributed by atoms with Crippen LogP contribution in [0.2, 0.25) is 0 Å². The van der Waals surface area contributed by atoms with Crippen molar-refractivity contribution in [3.8, 4) is 0 Å². The molecule has 0 aromatic heterocycles. The molecule has 152 valence electrons. The Labute approximate surface area is 172 Å².